The first-order valence-corrected chi connectivity index (χ1v) is 6.32. The van der Waals surface area contributed by atoms with Gasteiger partial charge in [-0.05, 0) is 43.9 Å². The Bertz CT molecular complexity index is 348. The van der Waals surface area contributed by atoms with Crippen molar-refractivity contribution in [1.82, 2.24) is 0 Å². The van der Waals surface area contributed by atoms with Crippen molar-refractivity contribution in [3.63, 3.8) is 0 Å². The van der Waals surface area contributed by atoms with Gasteiger partial charge in [0.25, 0.3) is 0 Å². The van der Waals surface area contributed by atoms with Crippen molar-refractivity contribution in [2.24, 2.45) is 5.73 Å². The minimum absolute atomic E-state index is 0.361. The average molecular weight is 240 g/mol. The van der Waals surface area contributed by atoms with Crippen molar-refractivity contribution in [3.8, 4) is 5.75 Å². The van der Waals surface area contributed by atoms with Crippen LogP contribution in [0.1, 0.15) is 37.7 Å². The van der Waals surface area contributed by atoms with Crippen LogP contribution >= 0.6 is 11.6 Å². The van der Waals surface area contributed by atoms with E-state index in [4.69, 9.17) is 22.1 Å². The quantitative estimate of drug-likeness (QED) is 0.876. The summed E-state index contributed by atoms with van der Waals surface area (Å²) in [6.45, 7) is 0.475. The number of halogens is 1. The Morgan fingerprint density at radius 2 is 2.00 bits per heavy atom. The molecule has 1 aliphatic carbocycles. The zero-order chi connectivity index (χ0) is 11.4. The molecule has 16 heavy (non-hydrogen) atoms. The first-order chi connectivity index (χ1) is 7.79. The Hall–Kier alpha value is -0.730. The van der Waals surface area contributed by atoms with Gasteiger partial charge in [-0.25, -0.2) is 0 Å². The molecule has 1 saturated carbocycles. The van der Waals surface area contributed by atoms with Gasteiger partial charge in [-0.1, -0.05) is 18.0 Å². The van der Waals surface area contributed by atoms with Crippen molar-refractivity contribution in [1.29, 1.82) is 0 Å². The maximum atomic E-state index is 5.99. The van der Waals surface area contributed by atoms with Crippen LogP contribution in [0.25, 0.3) is 0 Å². The molecule has 1 aromatic rings. The van der Waals surface area contributed by atoms with Crippen LogP contribution in [-0.2, 0) is 6.54 Å². The molecule has 1 aromatic carbocycles. The van der Waals surface area contributed by atoms with E-state index in [0.29, 0.717) is 12.6 Å². The smallest absolute Gasteiger partial charge is 0.124 e. The lowest BCUT2D eigenvalue weighted by atomic mass is 9.97. The molecule has 1 fully saturated rings. The Kier molecular flexibility index (Phi) is 4.08. The molecule has 0 atom stereocenters. The van der Waals surface area contributed by atoms with E-state index in [1.807, 2.05) is 18.2 Å². The van der Waals surface area contributed by atoms with E-state index >= 15 is 0 Å². The van der Waals surface area contributed by atoms with Crippen LogP contribution in [0.5, 0.6) is 5.75 Å². The predicted octanol–water partition coefficient (Wildman–Crippen LogP) is 3.51. The largest absolute Gasteiger partial charge is 0.490 e. The topological polar surface area (TPSA) is 35.2 Å². The molecule has 88 valence electrons. The van der Waals surface area contributed by atoms with Crippen LogP contribution in [0.4, 0.5) is 0 Å². The maximum Gasteiger partial charge on any atom is 0.124 e. The molecular formula is C13H18ClNO. The summed E-state index contributed by atoms with van der Waals surface area (Å²) in [7, 11) is 0. The Morgan fingerprint density at radius 1 is 1.25 bits per heavy atom. The van der Waals surface area contributed by atoms with E-state index in [1.165, 1.54) is 19.3 Å². The van der Waals surface area contributed by atoms with Gasteiger partial charge in [0.05, 0.1) is 6.10 Å². The monoisotopic (exact) mass is 239 g/mol. The van der Waals surface area contributed by atoms with Gasteiger partial charge >= 0.3 is 0 Å². The lowest BCUT2D eigenvalue weighted by Gasteiger charge is -2.24. The highest BCUT2D eigenvalue weighted by atomic mass is 35.5. The van der Waals surface area contributed by atoms with Gasteiger partial charge in [-0.3, -0.25) is 0 Å². The summed E-state index contributed by atoms with van der Waals surface area (Å²) in [5, 5.41) is 0.719. The number of rotatable bonds is 3. The normalized spacial score (nSPS) is 17.4. The molecule has 2 rings (SSSR count). The first-order valence-electron chi connectivity index (χ1n) is 5.95. The van der Waals surface area contributed by atoms with Crippen molar-refractivity contribution >= 4 is 11.6 Å². The summed E-state index contributed by atoms with van der Waals surface area (Å²) in [4.78, 5) is 0. The summed E-state index contributed by atoms with van der Waals surface area (Å²) in [6.07, 6.45) is 6.57. The summed E-state index contributed by atoms with van der Waals surface area (Å²) >= 11 is 5.93. The minimum Gasteiger partial charge on any atom is -0.490 e. The average Bonchev–Trinajstić information content (AvgIpc) is 2.33. The number of benzene rings is 1. The van der Waals surface area contributed by atoms with Crippen LogP contribution in [0, 0.1) is 0 Å². The van der Waals surface area contributed by atoms with Crippen LogP contribution in [-0.4, -0.2) is 6.10 Å². The lowest BCUT2D eigenvalue weighted by Crippen LogP contribution is -2.20. The third-order valence-electron chi connectivity index (χ3n) is 3.09. The molecule has 2 N–H and O–H groups in total. The molecule has 0 amide bonds. The fourth-order valence-electron chi connectivity index (χ4n) is 2.19. The molecule has 0 unspecified atom stereocenters. The van der Waals surface area contributed by atoms with Gasteiger partial charge in [-0.15, -0.1) is 0 Å². The highest BCUT2D eigenvalue weighted by molar-refractivity contribution is 6.30. The molecule has 0 bridgehead atoms. The fraction of sp³-hybridized carbons (Fsp3) is 0.538. The highest BCUT2D eigenvalue weighted by Gasteiger charge is 2.16. The second-order valence-electron chi connectivity index (χ2n) is 4.33. The van der Waals surface area contributed by atoms with E-state index in [2.05, 4.69) is 0 Å². The van der Waals surface area contributed by atoms with Crippen molar-refractivity contribution < 1.29 is 4.74 Å². The standard InChI is InChI=1S/C13H18ClNO/c14-11-6-7-13(10(8-11)9-15)16-12-4-2-1-3-5-12/h6-8,12H,1-5,9,15H2. The molecule has 2 nitrogen and oxygen atoms in total. The Labute approximate surface area is 102 Å². The number of ether oxygens (including phenoxy) is 1. The molecule has 1 aliphatic rings. The third-order valence-corrected chi connectivity index (χ3v) is 3.32. The summed E-state index contributed by atoms with van der Waals surface area (Å²) in [6, 6.07) is 5.68. The summed E-state index contributed by atoms with van der Waals surface area (Å²) < 4.78 is 5.99. The SMILES string of the molecule is NCc1cc(Cl)ccc1OC1CCCCC1. The lowest BCUT2D eigenvalue weighted by molar-refractivity contribution is 0.153. The van der Waals surface area contributed by atoms with Gasteiger partial charge in [0.2, 0.25) is 0 Å². The molecule has 0 radical (unpaired) electrons. The predicted molar refractivity (Wildman–Crippen MR) is 66.8 cm³/mol. The van der Waals surface area contributed by atoms with Crippen LogP contribution < -0.4 is 10.5 Å². The molecule has 0 aromatic heterocycles. The molecule has 3 heteroatoms. The van der Waals surface area contributed by atoms with Crippen molar-refractivity contribution in [2.75, 3.05) is 0 Å². The van der Waals surface area contributed by atoms with E-state index in [0.717, 1.165) is 29.2 Å². The van der Waals surface area contributed by atoms with E-state index < -0.39 is 0 Å². The number of nitrogens with two attached hydrogens (primary N) is 1. The summed E-state index contributed by atoms with van der Waals surface area (Å²) in [5.41, 5.74) is 6.68. The number of hydrogen-bond donors (Lipinski definition) is 1. The van der Waals surface area contributed by atoms with Crippen LogP contribution in [0.2, 0.25) is 5.02 Å². The van der Waals surface area contributed by atoms with Gasteiger partial charge in [0.1, 0.15) is 5.75 Å². The molecule has 0 saturated heterocycles. The van der Waals surface area contributed by atoms with Gasteiger partial charge in [0, 0.05) is 17.1 Å². The van der Waals surface area contributed by atoms with Crippen molar-refractivity contribution in [2.45, 2.75) is 44.8 Å². The van der Waals surface area contributed by atoms with E-state index in [9.17, 15) is 0 Å². The zero-order valence-electron chi connectivity index (χ0n) is 9.42. The first kappa shape index (κ1) is 11.7. The second-order valence-corrected chi connectivity index (χ2v) is 4.77. The summed E-state index contributed by atoms with van der Waals surface area (Å²) in [5.74, 6) is 0.902. The van der Waals surface area contributed by atoms with Gasteiger partial charge in [0.15, 0.2) is 0 Å². The van der Waals surface area contributed by atoms with Crippen LogP contribution in [0.15, 0.2) is 18.2 Å². The third kappa shape index (κ3) is 2.89. The van der Waals surface area contributed by atoms with Crippen molar-refractivity contribution in [3.05, 3.63) is 28.8 Å². The molecular weight excluding hydrogens is 222 g/mol. The highest BCUT2D eigenvalue weighted by Crippen LogP contribution is 2.27. The molecule has 0 heterocycles. The maximum absolute atomic E-state index is 5.99. The van der Waals surface area contributed by atoms with Gasteiger partial charge < -0.3 is 10.5 Å². The molecule has 0 aliphatic heterocycles. The minimum atomic E-state index is 0.361. The fourth-order valence-corrected chi connectivity index (χ4v) is 2.38. The van der Waals surface area contributed by atoms with E-state index in [-0.39, 0.29) is 0 Å². The van der Waals surface area contributed by atoms with Gasteiger partial charge in [-0.2, -0.15) is 0 Å². The van der Waals surface area contributed by atoms with E-state index in [1.54, 1.807) is 0 Å². The van der Waals surface area contributed by atoms with Crippen LogP contribution in [0.3, 0.4) is 0 Å². The number of hydrogen-bond acceptors (Lipinski definition) is 2. The zero-order valence-corrected chi connectivity index (χ0v) is 10.2. The Balaban J connectivity index is 2.07. The Morgan fingerprint density at radius 3 is 2.69 bits per heavy atom. The molecule has 0 spiro atoms. The second kappa shape index (κ2) is 5.55.